The molecule has 0 rings (SSSR count). The predicted octanol–water partition coefficient (Wildman–Crippen LogP) is -1.44. The fourth-order valence-electron chi connectivity index (χ4n) is 0.527. The van der Waals surface area contributed by atoms with Crippen LogP contribution in [0.4, 0.5) is 0 Å². The highest BCUT2D eigenvalue weighted by Crippen LogP contribution is 2.02. The molecule has 0 aromatic rings. The van der Waals surface area contributed by atoms with E-state index in [1.54, 1.807) is 0 Å². The molecule has 0 saturated carbocycles. The molecule has 0 amide bonds. The molecule has 0 aliphatic heterocycles. The van der Waals surface area contributed by atoms with Crippen molar-refractivity contribution in [3.63, 3.8) is 0 Å². The van der Waals surface area contributed by atoms with Gasteiger partial charge in [0.2, 0.25) is 0 Å². The molecule has 0 bridgehead atoms. The summed E-state index contributed by atoms with van der Waals surface area (Å²) < 4.78 is 0. The normalized spacial score (nSPS) is 18.9. The van der Waals surface area contributed by atoms with Gasteiger partial charge in [-0.3, -0.25) is 0 Å². The van der Waals surface area contributed by atoms with Gasteiger partial charge in [0.25, 0.3) is 0 Å². The molecule has 0 heterocycles. The number of aliphatic hydroxyl groups is 3. The zero-order valence-corrected chi connectivity index (χ0v) is 6.14. The summed E-state index contributed by atoms with van der Waals surface area (Å²) >= 11 is 0. The van der Waals surface area contributed by atoms with Gasteiger partial charge in [-0.15, -0.1) is 0 Å². The highest BCUT2D eigenvalue weighted by Gasteiger charge is 2.20. The molecule has 4 N–H and O–H groups in total. The van der Waals surface area contributed by atoms with Gasteiger partial charge in [0.1, 0.15) is 0 Å². The van der Waals surface area contributed by atoms with E-state index in [-0.39, 0.29) is 6.42 Å². The molecule has 0 aromatic carbocycles. The van der Waals surface area contributed by atoms with Crippen LogP contribution in [-0.4, -0.2) is 44.7 Å². The van der Waals surface area contributed by atoms with Crippen molar-refractivity contribution in [1.82, 2.24) is 0 Å². The summed E-state index contributed by atoms with van der Waals surface area (Å²) in [5.74, 6) is -1.40. The summed E-state index contributed by atoms with van der Waals surface area (Å²) in [6, 6.07) is 0. The predicted molar refractivity (Wildman–Crippen MR) is 35.9 cm³/mol. The third-order valence-corrected chi connectivity index (χ3v) is 1.31. The van der Waals surface area contributed by atoms with Crippen molar-refractivity contribution in [1.29, 1.82) is 0 Å². The van der Waals surface area contributed by atoms with Crippen LogP contribution in [0.1, 0.15) is 13.3 Å². The lowest BCUT2D eigenvalue weighted by molar-refractivity contribution is -0.149. The van der Waals surface area contributed by atoms with Gasteiger partial charge in [0, 0.05) is 6.42 Å². The first-order valence-electron chi connectivity index (χ1n) is 3.22. The second kappa shape index (κ2) is 4.27. The Morgan fingerprint density at radius 3 is 2.09 bits per heavy atom. The lowest BCUT2D eigenvalue weighted by atomic mass is 10.1. The number of aliphatic hydroxyl groups excluding tert-OH is 3. The summed E-state index contributed by atoms with van der Waals surface area (Å²) in [6.07, 6.45) is -4.18. The number of carboxylic acids is 1. The molecule has 3 atom stereocenters. The summed E-state index contributed by atoms with van der Waals surface area (Å²) in [4.78, 5) is 10.0. The minimum absolute atomic E-state index is 0.354. The van der Waals surface area contributed by atoms with Crippen LogP contribution >= 0.6 is 0 Å². The van der Waals surface area contributed by atoms with Crippen LogP contribution in [0.15, 0.2) is 0 Å². The molecule has 66 valence electrons. The molecular weight excluding hydrogens is 152 g/mol. The van der Waals surface area contributed by atoms with Crippen LogP contribution in [-0.2, 0) is 4.79 Å². The Kier molecular flexibility index (Phi) is 4.02. The highest BCUT2D eigenvalue weighted by molar-refractivity contribution is 5.71. The average Bonchev–Trinajstić information content (AvgIpc) is 1.87. The van der Waals surface area contributed by atoms with E-state index in [0.29, 0.717) is 0 Å². The second-order valence-electron chi connectivity index (χ2n) is 2.40. The lowest BCUT2D eigenvalue weighted by Gasteiger charge is -2.14. The van der Waals surface area contributed by atoms with Gasteiger partial charge in [-0.1, -0.05) is 0 Å². The van der Waals surface area contributed by atoms with E-state index in [2.05, 4.69) is 0 Å². The molecule has 5 nitrogen and oxygen atoms in total. The summed E-state index contributed by atoms with van der Waals surface area (Å²) in [5, 5.41) is 34.4. The minimum atomic E-state index is -1.61. The van der Waals surface area contributed by atoms with Crippen molar-refractivity contribution in [3.8, 4) is 0 Å². The van der Waals surface area contributed by atoms with Crippen molar-refractivity contribution < 1.29 is 25.2 Å². The lowest BCUT2D eigenvalue weighted by Crippen LogP contribution is -2.31. The van der Waals surface area contributed by atoms with Crippen LogP contribution < -0.4 is 0 Å². The Bertz CT molecular complexity index is 133. The summed E-state index contributed by atoms with van der Waals surface area (Å²) in [6.45, 7) is 1.32. The maximum atomic E-state index is 10.0. The Hall–Kier alpha value is -0.650. The van der Waals surface area contributed by atoms with E-state index in [0.717, 1.165) is 0 Å². The average molecular weight is 164 g/mol. The van der Waals surface area contributed by atoms with E-state index in [1.807, 2.05) is 0 Å². The molecule has 0 aromatic heterocycles. The van der Waals surface area contributed by atoms with Gasteiger partial charge in [-0.05, 0) is 6.92 Å². The molecule has 0 spiro atoms. The largest absolute Gasteiger partial charge is 0.479 e. The van der Waals surface area contributed by atoms with E-state index in [9.17, 15) is 4.79 Å². The number of hydrogen-bond donors (Lipinski definition) is 4. The van der Waals surface area contributed by atoms with Crippen LogP contribution in [0.25, 0.3) is 0 Å². The first-order chi connectivity index (χ1) is 4.95. The molecule has 0 saturated heterocycles. The van der Waals surface area contributed by atoms with Crippen LogP contribution in [0, 0.1) is 0 Å². The van der Waals surface area contributed by atoms with Gasteiger partial charge in [-0.25, -0.2) is 4.79 Å². The Morgan fingerprint density at radius 1 is 1.36 bits per heavy atom. The number of carboxylic acid groups (broad SMARTS) is 1. The quantitative estimate of drug-likeness (QED) is 0.408. The zero-order valence-electron chi connectivity index (χ0n) is 6.14. The van der Waals surface area contributed by atoms with Gasteiger partial charge >= 0.3 is 5.97 Å². The molecule has 0 unspecified atom stereocenters. The van der Waals surface area contributed by atoms with Crippen molar-refractivity contribution in [3.05, 3.63) is 0 Å². The smallest absolute Gasteiger partial charge is 0.332 e. The van der Waals surface area contributed by atoms with Gasteiger partial charge in [-0.2, -0.15) is 0 Å². The van der Waals surface area contributed by atoms with E-state index >= 15 is 0 Å². The van der Waals surface area contributed by atoms with Crippen molar-refractivity contribution in [2.75, 3.05) is 0 Å². The third kappa shape index (κ3) is 3.92. The standard InChI is InChI=1S/C6H12O5/c1-3(7)4(8)2-5(9)6(10)11/h3-5,7-9H,2H2,1H3,(H,10,11)/t3-,4+,5+/m0/s1. The molecule has 5 heteroatoms. The van der Waals surface area contributed by atoms with Crippen LogP contribution in [0.3, 0.4) is 0 Å². The van der Waals surface area contributed by atoms with Gasteiger partial charge < -0.3 is 20.4 Å². The summed E-state index contributed by atoms with van der Waals surface area (Å²) in [7, 11) is 0. The van der Waals surface area contributed by atoms with E-state index in [4.69, 9.17) is 20.4 Å². The highest BCUT2D eigenvalue weighted by atomic mass is 16.4. The Balaban J connectivity index is 3.75. The van der Waals surface area contributed by atoms with Crippen molar-refractivity contribution >= 4 is 5.97 Å². The number of aliphatic carboxylic acids is 1. The molecule has 0 fully saturated rings. The van der Waals surface area contributed by atoms with Crippen molar-refractivity contribution in [2.45, 2.75) is 31.7 Å². The maximum Gasteiger partial charge on any atom is 0.332 e. The van der Waals surface area contributed by atoms with E-state index < -0.39 is 24.3 Å². The second-order valence-corrected chi connectivity index (χ2v) is 2.40. The molecule has 0 radical (unpaired) electrons. The molecule has 0 aliphatic carbocycles. The monoisotopic (exact) mass is 164 g/mol. The Labute approximate surface area is 63.9 Å². The molecule has 11 heavy (non-hydrogen) atoms. The zero-order chi connectivity index (χ0) is 9.02. The van der Waals surface area contributed by atoms with Crippen molar-refractivity contribution in [2.24, 2.45) is 0 Å². The number of rotatable bonds is 4. The van der Waals surface area contributed by atoms with Gasteiger partial charge in [0.05, 0.1) is 12.2 Å². The molecular formula is C6H12O5. The van der Waals surface area contributed by atoms with Crippen LogP contribution in [0.2, 0.25) is 0 Å². The first kappa shape index (κ1) is 10.3. The number of carbonyl (C=O) groups is 1. The van der Waals surface area contributed by atoms with E-state index in [1.165, 1.54) is 6.92 Å². The topological polar surface area (TPSA) is 98.0 Å². The Morgan fingerprint density at radius 2 is 1.82 bits per heavy atom. The number of hydrogen-bond acceptors (Lipinski definition) is 4. The third-order valence-electron chi connectivity index (χ3n) is 1.31. The van der Waals surface area contributed by atoms with Gasteiger partial charge in [0.15, 0.2) is 6.10 Å². The fraction of sp³-hybridized carbons (Fsp3) is 0.833. The maximum absolute atomic E-state index is 10.0. The SMILES string of the molecule is C[C@H](O)[C@H](O)C[C@@H](O)C(=O)O. The fourth-order valence-corrected chi connectivity index (χ4v) is 0.527. The first-order valence-corrected chi connectivity index (χ1v) is 3.22. The summed E-state index contributed by atoms with van der Waals surface area (Å²) in [5.41, 5.74) is 0. The minimum Gasteiger partial charge on any atom is -0.479 e. The van der Waals surface area contributed by atoms with Crippen LogP contribution in [0.5, 0.6) is 0 Å². The molecule has 0 aliphatic rings.